The minimum atomic E-state index is -4.62. The Morgan fingerprint density at radius 1 is 1.14 bits per heavy atom. The number of nitriles is 1. The van der Waals surface area contributed by atoms with Crippen molar-refractivity contribution in [2.24, 2.45) is 4.99 Å². The molecule has 3 aromatic rings. The molecule has 10 heteroatoms. The van der Waals surface area contributed by atoms with Crippen LogP contribution in [0.3, 0.4) is 0 Å². The van der Waals surface area contributed by atoms with Gasteiger partial charge in [0.1, 0.15) is 23.0 Å². The molecule has 1 amide bonds. The van der Waals surface area contributed by atoms with Gasteiger partial charge in [-0.25, -0.2) is 0 Å². The fourth-order valence-corrected chi connectivity index (χ4v) is 3.48. The minimum Gasteiger partial charge on any atom is -0.457 e. The molecule has 7 nitrogen and oxygen atoms in total. The molecule has 2 N–H and O–H groups in total. The van der Waals surface area contributed by atoms with Crippen LogP contribution in [0.25, 0.3) is 0 Å². The summed E-state index contributed by atoms with van der Waals surface area (Å²) < 4.78 is 45.0. The van der Waals surface area contributed by atoms with E-state index in [4.69, 9.17) is 10.00 Å². The van der Waals surface area contributed by atoms with Crippen LogP contribution in [-0.2, 0) is 17.4 Å². The van der Waals surface area contributed by atoms with E-state index in [2.05, 4.69) is 20.6 Å². The lowest BCUT2D eigenvalue weighted by Gasteiger charge is -2.11. The number of anilines is 1. The van der Waals surface area contributed by atoms with Crippen molar-refractivity contribution in [3.8, 4) is 17.6 Å². The first-order valence-electron chi connectivity index (χ1n) is 10.7. The van der Waals surface area contributed by atoms with Gasteiger partial charge in [-0.05, 0) is 48.4 Å². The van der Waals surface area contributed by atoms with E-state index in [1.807, 2.05) is 6.07 Å². The average Bonchev–Trinajstić information content (AvgIpc) is 3.38. The van der Waals surface area contributed by atoms with Crippen molar-refractivity contribution in [2.45, 2.75) is 19.0 Å². The molecule has 0 spiro atoms. The number of aromatic nitrogens is 1. The molecule has 1 aliphatic rings. The topological polar surface area (TPSA) is 99.4 Å². The summed E-state index contributed by atoms with van der Waals surface area (Å²) in [5, 5.41) is 14.6. The highest BCUT2D eigenvalue weighted by atomic mass is 19.4. The number of carbonyl (C=O) groups excluding carboxylic acids is 1. The Kier molecular flexibility index (Phi) is 6.96. The van der Waals surface area contributed by atoms with Crippen LogP contribution >= 0.6 is 0 Å². The third-order valence-electron chi connectivity index (χ3n) is 5.10. The highest BCUT2D eigenvalue weighted by Gasteiger charge is 2.31. The van der Waals surface area contributed by atoms with Crippen LogP contribution in [-0.4, -0.2) is 29.8 Å². The molecule has 0 radical (unpaired) electrons. The number of hydrogen-bond donors (Lipinski definition) is 2. The van der Waals surface area contributed by atoms with Crippen molar-refractivity contribution in [2.75, 3.05) is 18.4 Å². The fraction of sp³-hybridized carbons (Fsp3) is 0.200. The number of nitrogens with zero attached hydrogens (tertiary/aromatic N) is 3. The van der Waals surface area contributed by atoms with Gasteiger partial charge in [0.25, 0.3) is 0 Å². The van der Waals surface area contributed by atoms with Gasteiger partial charge in [-0.15, -0.1) is 0 Å². The van der Waals surface area contributed by atoms with E-state index in [-0.39, 0.29) is 17.7 Å². The van der Waals surface area contributed by atoms with Crippen LogP contribution in [0.15, 0.2) is 65.8 Å². The molecule has 0 atom stereocenters. The monoisotopic (exact) mass is 479 g/mol. The molecule has 35 heavy (non-hydrogen) atoms. The number of ether oxygens (including phenoxy) is 1. The molecule has 0 saturated heterocycles. The summed E-state index contributed by atoms with van der Waals surface area (Å²) in [4.78, 5) is 21.0. The van der Waals surface area contributed by atoms with Crippen molar-refractivity contribution >= 4 is 17.4 Å². The number of carbonyl (C=O) groups is 1. The lowest BCUT2D eigenvalue weighted by atomic mass is 10.1. The first kappa shape index (κ1) is 23.8. The number of aliphatic imine (C=N–C) groups is 1. The van der Waals surface area contributed by atoms with E-state index < -0.39 is 17.6 Å². The van der Waals surface area contributed by atoms with E-state index in [0.717, 1.165) is 30.1 Å². The van der Waals surface area contributed by atoms with E-state index in [9.17, 15) is 18.0 Å². The zero-order valence-corrected chi connectivity index (χ0v) is 18.4. The van der Waals surface area contributed by atoms with Crippen molar-refractivity contribution in [3.63, 3.8) is 0 Å². The number of amides is 1. The summed E-state index contributed by atoms with van der Waals surface area (Å²) in [6, 6.07) is 15.1. The maximum atomic E-state index is 13.0. The second-order valence-corrected chi connectivity index (χ2v) is 7.74. The van der Waals surface area contributed by atoms with Gasteiger partial charge >= 0.3 is 6.18 Å². The fourth-order valence-electron chi connectivity index (χ4n) is 3.48. The Morgan fingerprint density at radius 2 is 1.97 bits per heavy atom. The number of amidine groups is 1. The molecule has 0 fully saturated rings. The Morgan fingerprint density at radius 3 is 2.71 bits per heavy atom. The molecule has 4 rings (SSSR count). The van der Waals surface area contributed by atoms with Crippen LogP contribution in [0, 0.1) is 11.3 Å². The number of pyridine rings is 1. The molecular formula is C25H20F3N5O2. The largest absolute Gasteiger partial charge is 0.457 e. The van der Waals surface area contributed by atoms with E-state index in [1.165, 1.54) is 6.07 Å². The molecule has 0 unspecified atom stereocenters. The van der Waals surface area contributed by atoms with E-state index in [1.54, 1.807) is 42.6 Å². The maximum Gasteiger partial charge on any atom is 0.416 e. The Hall–Kier alpha value is -4.39. The lowest BCUT2D eigenvalue weighted by molar-refractivity contribution is -0.137. The van der Waals surface area contributed by atoms with Crippen LogP contribution < -0.4 is 15.4 Å². The van der Waals surface area contributed by atoms with Crippen LogP contribution in [0.4, 0.5) is 18.9 Å². The molecule has 1 aromatic heterocycles. The van der Waals surface area contributed by atoms with E-state index in [0.29, 0.717) is 30.2 Å². The molecule has 1 aliphatic heterocycles. The second-order valence-electron chi connectivity index (χ2n) is 7.74. The number of alkyl halides is 3. The predicted octanol–water partition coefficient (Wildman–Crippen LogP) is 4.69. The second kappa shape index (κ2) is 10.3. The molecule has 0 bridgehead atoms. The number of nitrogens with one attached hydrogen (secondary N) is 2. The Labute approximate surface area is 199 Å². The Balaban J connectivity index is 1.38. The summed E-state index contributed by atoms with van der Waals surface area (Å²) in [6.45, 7) is 1.47. The quantitative estimate of drug-likeness (QED) is 0.513. The van der Waals surface area contributed by atoms with Crippen molar-refractivity contribution in [1.82, 2.24) is 10.3 Å². The molecule has 2 heterocycles. The van der Waals surface area contributed by atoms with Gasteiger partial charge in [0, 0.05) is 30.9 Å². The highest BCUT2D eigenvalue weighted by molar-refractivity contribution is 5.98. The number of benzene rings is 2. The smallest absolute Gasteiger partial charge is 0.416 e. The third kappa shape index (κ3) is 6.35. The number of hydrogen-bond acceptors (Lipinski definition) is 6. The summed E-state index contributed by atoms with van der Waals surface area (Å²) >= 11 is 0. The number of aryl methyl sites for hydroxylation is 1. The van der Waals surface area contributed by atoms with Gasteiger partial charge < -0.3 is 15.4 Å². The SMILES string of the molecule is N#Cc1cc(NC(=O)CCc2cccc(Oc3ccnc(C4=NCCN4)c3)c2)cc(C(F)(F)F)c1. The van der Waals surface area contributed by atoms with Gasteiger partial charge in [0.05, 0.1) is 23.7 Å². The van der Waals surface area contributed by atoms with Gasteiger partial charge in [-0.2, -0.15) is 18.4 Å². The highest BCUT2D eigenvalue weighted by Crippen LogP contribution is 2.32. The first-order chi connectivity index (χ1) is 16.8. The summed E-state index contributed by atoms with van der Waals surface area (Å²) in [5.41, 5.74) is 0.243. The van der Waals surface area contributed by atoms with Crippen molar-refractivity contribution < 1.29 is 22.7 Å². The van der Waals surface area contributed by atoms with Crippen LogP contribution in [0.2, 0.25) is 0 Å². The predicted molar refractivity (Wildman–Crippen MR) is 123 cm³/mol. The number of halogens is 3. The molecule has 178 valence electrons. The molecule has 0 saturated carbocycles. The molecule has 2 aromatic carbocycles. The van der Waals surface area contributed by atoms with Gasteiger partial charge in [0.2, 0.25) is 5.91 Å². The van der Waals surface area contributed by atoms with Gasteiger partial charge in [0.15, 0.2) is 0 Å². The lowest BCUT2D eigenvalue weighted by Crippen LogP contribution is -2.20. The maximum absolute atomic E-state index is 13.0. The normalized spacial score (nSPS) is 12.9. The van der Waals surface area contributed by atoms with Gasteiger partial charge in [-0.1, -0.05) is 12.1 Å². The van der Waals surface area contributed by atoms with Gasteiger partial charge in [-0.3, -0.25) is 14.8 Å². The third-order valence-corrected chi connectivity index (χ3v) is 5.10. The van der Waals surface area contributed by atoms with Crippen molar-refractivity contribution in [3.05, 3.63) is 83.2 Å². The Bertz CT molecular complexity index is 1310. The zero-order valence-electron chi connectivity index (χ0n) is 18.4. The first-order valence-corrected chi connectivity index (χ1v) is 10.7. The zero-order chi connectivity index (χ0) is 24.8. The number of rotatable bonds is 7. The molecule has 0 aliphatic carbocycles. The summed E-state index contributed by atoms with van der Waals surface area (Å²) in [5.74, 6) is 1.40. The minimum absolute atomic E-state index is 0.0342. The summed E-state index contributed by atoms with van der Waals surface area (Å²) in [6.07, 6.45) is -2.61. The summed E-state index contributed by atoms with van der Waals surface area (Å²) in [7, 11) is 0. The standard InChI is InChI=1S/C25H20F3N5O2/c26-25(27,28)18-10-17(15-29)11-19(13-18)33-23(34)5-4-16-2-1-3-20(12-16)35-21-6-7-30-22(14-21)24-31-8-9-32-24/h1-3,6-7,10-14H,4-5,8-9H2,(H,31,32)(H,33,34). The van der Waals surface area contributed by atoms with E-state index >= 15 is 0 Å². The average molecular weight is 479 g/mol. The van der Waals surface area contributed by atoms with Crippen molar-refractivity contribution in [1.29, 1.82) is 5.26 Å². The van der Waals surface area contributed by atoms with Crippen LogP contribution in [0.1, 0.15) is 28.8 Å². The molecular weight excluding hydrogens is 459 g/mol. The van der Waals surface area contributed by atoms with Crippen LogP contribution in [0.5, 0.6) is 11.5 Å².